The van der Waals surface area contributed by atoms with E-state index < -0.39 is 0 Å². The monoisotopic (exact) mass is 292 g/mol. The molecule has 0 bridgehead atoms. The molecule has 0 aliphatic carbocycles. The third-order valence-corrected chi connectivity index (χ3v) is 3.16. The maximum atomic E-state index is 12.2. The molecule has 116 valence electrons. The van der Waals surface area contributed by atoms with E-state index in [4.69, 9.17) is 4.74 Å². The van der Waals surface area contributed by atoms with Gasteiger partial charge in [-0.2, -0.15) is 0 Å². The van der Waals surface area contributed by atoms with Crippen molar-refractivity contribution in [1.29, 1.82) is 0 Å². The highest BCUT2D eigenvalue weighted by Crippen LogP contribution is 2.13. The van der Waals surface area contributed by atoms with Gasteiger partial charge in [0, 0.05) is 19.7 Å². The van der Waals surface area contributed by atoms with Crippen LogP contribution in [0.25, 0.3) is 0 Å². The van der Waals surface area contributed by atoms with Crippen molar-refractivity contribution in [2.75, 3.05) is 40.3 Å². The Kier molecular flexibility index (Phi) is 6.88. The van der Waals surface area contributed by atoms with Crippen molar-refractivity contribution in [2.24, 2.45) is 0 Å². The van der Waals surface area contributed by atoms with Gasteiger partial charge in [0.05, 0.1) is 19.7 Å². The number of hydrogen-bond acceptors (Lipinski definition) is 4. The van der Waals surface area contributed by atoms with Gasteiger partial charge in [-0.15, -0.1) is 0 Å². The number of carbonyl (C=O) groups excluding carboxylic acids is 2. The summed E-state index contributed by atoms with van der Waals surface area (Å²) in [5, 5.41) is 0. The van der Waals surface area contributed by atoms with Crippen molar-refractivity contribution in [3.8, 4) is 5.75 Å². The van der Waals surface area contributed by atoms with Crippen LogP contribution in [0.15, 0.2) is 24.3 Å². The maximum absolute atomic E-state index is 12.2. The lowest BCUT2D eigenvalue weighted by Gasteiger charge is -2.21. The van der Waals surface area contributed by atoms with Crippen molar-refractivity contribution in [3.63, 3.8) is 0 Å². The minimum Gasteiger partial charge on any atom is -0.494 e. The Balaban J connectivity index is 2.63. The van der Waals surface area contributed by atoms with Gasteiger partial charge in [-0.3, -0.25) is 14.5 Å². The van der Waals surface area contributed by atoms with Crippen molar-refractivity contribution < 1.29 is 14.3 Å². The second kappa shape index (κ2) is 8.42. The molecule has 0 atom stereocenters. The number of benzene rings is 1. The van der Waals surface area contributed by atoms with Crippen LogP contribution in [0.2, 0.25) is 0 Å². The molecular formula is C16H24N2O3. The van der Waals surface area contributed by atoms with Gasteiger partial charge < -0.3 is 9.64 Å². The lowest BCUT2D eigenvalue weighted by Crippen LogP contribution is -2.39. The summed E-state index contributed by atoms with van der Waals surface area (Å²) in [7, 11) is 3.43. The van der Waals surface area contributed by atoms with Gasteiger partial charge in [0.25, 0.3) is 0 Å². The predicted molar refractivity (Wildman–Crippen MR) is 82.7 cm³/mol. The number of Topliss-reactive ketones (excluding diaryl/α,β-unsaturated/α-hetero) is 1. The van der Waals surface area contributed by atoms with Crippen LogP contribution in [-0.4, -0.2) is 61.8 Å². The summed E-state index contributed by atoms with van der Waals surface area (Å²) >= 11 is 0. The molecule has 5 nitrogen and oxygen atoms in total. The fourth-order valence-electron chi connectivity index (χ4n) is 1.81. The van der Waals surface area contributed by atoms with Gasteiger partial charge in [0.1, 0.15) is 5.75 Å². The average Bonchev–Trinajstić information content (AvgIpc) is 2.47. The number of ether oxygens (including phenoxy) is 1. The lowest BCUT2D eigenvalue weighted by atomic mass is 10.1. The molecular weight excluding hydrogens is 268 g/mol. The van der Waals surface area contributed by atoms with Crippen LogP contribution in [0.3, 0.4) is 0 Å². The first kappa shape index (κ1) is 17.2. The molecule has 0 spiro atoms. The molecule has 0 N–H and O–H groups in total. The van der Waals surface area contributed by atoms with E-state index in [1.54, 1.807) is 38.4 Å². The summed E-state index contributed by atoms with van der Waals surface area (Å²) in [6.07, 6.45) is 0. The van der Waals surface area contributed by atoms with Gasteiger partial charge in [0.2, 0.25) is 5.91 Å². The summed E-state index contributed by atoms with van der Waals surface area (Å²) in [4.78, 5) is 27.3. The predicted octanol–water partition coefficient (Wildman–Crippen LogP) is 1.68. The quantitative estimate of drug-likeness (QED) is 0.684. The molecule has 1 amide bonds. The van der Waals surface area contributed by atoms with Gasteiger partial charge in [-0.05, 0) is 37.7 Å². The molecule has 21 heavy (non-hydrogen) atoms. The Bertz CT molecular complexity index is 469. The topological polar surface area (TPSA) is 49.9 Å². The summed E-state index contributed by atoms with van der Waals surface area (Å²) in [5.74, 6) is 0.756. The minimum absolute atomic E-state index is 0.00339. The smallest absolute Gasteiger partial charge is 0.236 e. The molecule has 0 heterocycles. The number of rotatable bonds is 8. The first-order chi connectivity index (χ1) is 9.97. The molecule has 0 unspecified atom stereocenters. The van der Waals surface area contributed by atoms with Gasteiger partial charge in [-0.25, -0.2) is 0 Å². The summed E-state index contributed by atoms with van der Waals surface area (Å²) in [6, 6.07) is 7.10. The number of carbonyl (C=O) groups is 2. The fraction of sp³-hybridized carbons (Fsp3) is 0.500. The van der Waals surface area contributed by atoms with E-state index in [9.17, 15) is 9.59 Å². The second-order valence-electron chi connectivity index (χ2n) is 4.97. The van der Waals surface area contributed by atoms with E-state index in [2.05, 4.69) is 0 Å². The third-order valence-electron chi connectivity index (χ3n) is 3.16. The van der Waals surface area contributed by atoms with E-state index in [-0.39, 0.29) is 24.8 Å². The maximum Gasteiger partial charge on any atom is 0.236 e. The molecule has 1 rings (SSSR count). The van der Waals surface area contributed by atoms with Crippen molar-refractivity contribution in [2.45, 2.75) is 13.8 Å². The highest BCUT2D eigenvalue weighted by atomic mass is 16.5. The largest absolute Gasteiger partial charge is 0.494 e. The lowest BCUT2D eigenvalue weighted by molar-refractivity contribution is -0.129. The molecule has 0 aliphatic heterocycles. The van der Waals surface area contributed by atoms with E-state index in [1.165, 1.54) is 4.90 Å². The molecule has 0 fully saturated rings. The number of likely N-dealkylation sites (N-methyl/N-ethyl adjacent to an activating group) is 2. The SMILES string of the molecule is CCOc1ccc(C(=O)CN(CC)CC(=O)N(C)C)cc1. The Morgan fingerprint density at radius 2 is 1.67 bits per heavy atom. The van der Waals surface area contributed by atoms with Crippen molar-refractivity contribution in [1.82, 2.24) is 9.80 Å². The van der Waals surface area contributed by atoms with Crippen LogP contribution in [-0.2, 0) is 4.79 Å². The Hall–Kier alpha value is -1.88. The van der Waals surface area contributed by atoms with Crippen LogP contribution in [0.5, 0.6) is 5.75 Å². The van der Waals surface area contributed by atoms with Gasteiger partial charge >= 0.3 is 0 Å². The molecule has 1 aromatic rings. The van der Waals surface area contributed by atoms with Crippen LogP contribution >= 0.6 is 0 Å². The van der Waals surface area contributed by atoms with E-state index >= 15 is 0 Å². The molecule has 0 aromatic heterocycles. The minimum atomic E-state index is -0.00339. The first-order valence-electron chi connectivity index (χ1n) is 7.16. The standard InChI is InChI=1S/C16H24N2O3/c1-5-18(12-16(20)17(3)4)11-15(19)13-7-9-14(10-8-13)21-6-2/h7-10H,5-6,11-12H2,1-4H3. The van der Waals surface area contributed by atoms with Crippen LogP contribution in [0.4, 0.5) is 0 Å². The van der Waals surface area contributed by atoms with E-state index in [0.717, 1.165) is 5.75 Å². The molecule has 0 aliphatic rings. The number of hydrogen-bond donors (Lipinski definition) is 0. The Morgan fingerprint density at radius 1 is 1.05 bits per heavy atom. The van der Waals surface area contributed by atoms with Crippen LogP contribution in [0.1, 0.15) is 24.2 Å². The normalized spacial score (nSPS) is 10.5. The number of nitrogens with zero attached hydrogens (tertiary/aromatic N) is 2. The van der Waals surface area contributed by atoms with Gasteiger partial charge in [-0.1, -0.05) is 6.92 Å². The zero-order chi connectivity index (χ0) is 15.8. The average molecular weight is 292 g/mol. The summed E-state index contributed by atoms with van der Waals surface area (Å²) in [5.41, 5.74) is 0.634. The zero-order valence-electron chi connectivity index (χ0n) is 13.3. The highest BCUT2D eigenvalue weighted by Gasteiger charge is 2.15. The molecule has 0 saturated heterocycles. The zero-order valence-corrected chi connectivity index (χ0v) is 13.3. The summed E-state index contributed by atoms with van der Waals surface area (Å²) < 4.78 is 5.35. The van der Waals surface area contributed by atoms with Crippen LogP contribution in [0, 0.1) is 0 Å². The number of amides is 1. The van der Waals surface area contributed by atoms with E-state index in [1.807, 2.05) is 18.7 Å². The second-order valence-corrected chi connectivity index (χ2v) is 4.97. The third kappa shape index (κ3) is 5.55. The van der Waals surface area contributed by atoms with Crippen LogP contribution < -0.4 is 4.74 Å². The molecule has 1 aromatic carbocycles. The number of ketones is 1. The Morgan fingerprint density at radius 3 is 2.14 bits per heavy atom. The molecule has 0 radical (unpaired) electrons. The van der Waals surface area contributed by atoms with Gasteiger partial charge in [0.15, 0.2) is 5.78 Å². The first-order valence-corrected chi connectivity index (χ1v) is 7.16. The molecule has 0 saturated carbocycles. The van der Waals surface area contributed by atoms with Crippen molar-refractivity contribution in [3.05, 3.63) is 29.8 Å². The van der Waals surface area contributed by atoms with Crippen molar-refractivity contribution >= 4 is 11.7 Å². The fourth-order valence-corrected chi connectivity index (χ4v) is 1.81. The summed E-state index contributed by atoms with van der Waals surface area (Å²) in [6.45, 7) is 5.61. The highest BCUT2D eigenvalue weighted by molar-refractivity contribution is 5.98. The van der Waals surface area contributed by atoms with E-state index in [0.29, 0.717) is 18.7 Å². The molecule has 5 heteroatoms. The Labute approximate surface area is 126 Å².